The van der Waals surface area contributed by atoms with Crippen LogP contribution >= 0.6 is 11.3 Å². The van der Waals surface area contributed by atoms with E-state index in [1.54, 1.807) is 0 Å². The molecule has 1 aliphatic carbocycles. The van der Waals surface area contributed by atoms with Gasteiger partial charge in [0, 0.05) is 16.3 Å². The summed E-state index contributed by atoms with van der Waals surface area (Å²) in [4.78, 5) is 18.3. The lowest BCUT2D eigenvalue weighted by Gasteiger charge is -2.31. The van der Waals surface area contributed by atoms with Gasteiger partial charge in [-0.15, -0.1) is 11.3 Å². The van der Waals surface area contributed by atoms with E-state index in [4.69, 9.17) is 30.4 Å². The average molecular weight is 1130 g/mol. The lowest BCUT2D eigenvalue weighted by molar-refractivity contribution is 0.147. The lowest BCUT2D eigenvalue weighted by atomic mass is 9.76. The second-order valence-corrected chi connectivity index (χ2v) is 30.8. The van der Waals surface area contributed by atoms with Crippen LogP contribution < -0.4 is 20.0 Å². The van der Waals surface area contributed by atoms with E-state index in [0.29, 0.717) is 87.9 Å². The molecule has 8 rings (SSSR count). The van der Waals surface area contributed by atoms with Crippen LogP contribution in [0.5, 0.6) is 11.5 Å². The van der Waals surface area contributed by atoms with Crippen LogP contribution in [0.4, 0.5) is 0 Å². The van der Waals surface area contributed by atoms with Gasteiger partial charge in [0.05, 0.1) is 41.0 Å². The summed E-state index contributed by atoms with van der Waals surface area (Å²) in [6.45, 7) is 49.9. The van der Waals surface area contributed by atoms with E-state index in [9.17, 15) is 5.26 Å². The molecule has 83 heavy (non-hydrogen) atoms. The first-order valence-electron chi connectivity index (χ1n) is 30.8. The number of aromatic nitrogens is 3. The highest BCUT2D eigenvalue weighted by Crippen LogP contribution is 2.44. The third kappa shape index (κ3) is 16.5. The molecule has 1 aliphatic rings. The summed E-state index contributed by atoms with van der Waals surface area (Å²) in [6, 6.07) is 33.4. The van der Waals surface area contributed by atoms with Crippen molar-refractivity contribution in [2.45, 2.75) is 175 Å². The van der Waals surface area contributed by atoms with Crippen molar-refractivity contribution in [2.24, 2.45) is 57.2 Å². The molecule has 7 aromatic rings. The number of allylic oxidation sites excluding steroid dienone is 1. The number of aromatic amines is 1. The second kappa shape index (κ2) is 25.8. The fourth-order valence-corrected chi connectivity index (χ4v) is 14.4. The summed E-state index contributed by atoms with van der Waals surface area (Å²) in [5, 5.41) is 13.6. The van der Waals surface area contributed by atoms with Crippen molar-refractivity contribution < 1.29 is 13.9 Å². The van der Waals surface area contributed by atoms with Gasteiger partial charge in [-0.3, -0.25) is 0 Å². The van der Waals surface area contributed by atoms with E-state index in [1.807, 2.05) is 43.3 Å². The van der Waals surface area contributed by atoms with E-state index in [1.165, 1.54) is 24.2 Å². The molecule has 440 valence electrons. The first-order valence-corrected chi connectivity index (χ1v) is 31.6. The number of rotatable bonds is 22. The summed E-state index contributed by atoms with van der Waals surface area (Å²) >= 11 is 1.51. The Morgan fingerprint density at radius 1 is 0.675 bits per heavy atom. The minimum Gasteiger partial charge on any atom is -0.493 e. The van der Waals surface area contributed by atoms with Gasteiger partial charge in [0.2, 0.25) is 5.89 Å². The molecule has 0 saturated heterocycles. The Labute approximate surface area is 501 Å². The van der Waals surface area contributed by atoms with Gasteiger partial charge in [-0.2, -0.15) is 5.26 Å². The van der Waals surface area contributed by atoms with Gasteiger partial charge in [-0.05, 0) is 180 Å². The average Bonchev–Trinajstić information content (AvgIpc) is 4.37. The standard InChI is InChI=1S/C74H95N5O3S/c1-46-31-34-62-61(35-46)77-69(82-62)68(76-18)58-38-57(51-23-21-25-55(36-51)80-44-53(49(4)41-73(12,13)14)32-29-47(2)39-71(6,7)8)64-65(58)66(79-67(64)59(43-75)70-78-60-27-19-20-28-63(60)83-70)52-24-22-26-56(37-52)81-45-54(50(5)42-74(15,16)17)33-30-48(3)40-72(9,10)11/h19-28,31,34-37,47-50,53-54,79H,29-30,32-33,38-42,44-45H2,1-17H3/b67-59-,68-58-. The Morgan fingerprint density at radius 3 is 1.77 bits per heavy atom. The molecule has 3 aromatic heterocycles. The largest absolute Gasteiger partial charge is 0.493 e. The number of benzene rings is 4. The van der Waals surface area contributed by atoms with Gasteiger partial charge in [0.25, 0.3) is 5.70 Å². The molecule has 9 heteroatoms. The van der Waals surface area contributed by atoms with Crippen LogP contribution in [0, 0.1) is 82.0 Å². The maximum atomic E-state index is 11.5. The Kier molecular flexibility index (Phi) is 19.5. The van der Waals surface area contributed by atoms with Crippen LogP contribution in [0.1, 0.15) is 196 Å². The van der Waals surface area contributed by atoms with Crippen molar-refractivity contribution in [3.63, 3.8) is 0 Å². The number of nitrogens with zero attached hydrogens (tertiary/aromatic N) is 4. The first-order chi connectivity index (χ1) is 39.0. The Hall–Kier alpha value is -6.42. The smallest absolute Gasteiger partial charge is 0.251 e. The zero-order chi connectivity index (χ0) is 60.2. The normalized spacial score (nSPS) is 16.4. The molecule has 0 fully saturated rings. The Morgan fingerprint density at radius 2 is 1.23 bits per heavy atom. The predicted octanol–water partition coefficient (Wildman–Crippen LogP) is 19.7. The van der Waals surface area contributed by atoms with Crippen molar-refractivity contribution in [1.82, 2.24) is 15.0 Å². The van der Waals surface area contributed by atoms with E-state index >= 15 is 0 Å². The molecule has 4 aromatic carbocycles. The fourth-order valence-electron chi connectivity index (χ4n) is 13.4. The van der Waals surface area contributed by atoms with E-state index < -0.39 is 0 Å². The highest BCUT2D eigenvalue weighted by atomic mass is 32.1. The maximum Gasteiger partial charge on any atom is 0.251 e. The summed E-state index contributed by atoms with van der Waals surface area (Å²) < 4.78 is 21.4. The van der Waals surface area contributed by atoms with Crippen LogP contribution in [0.25, 0.3) is 59.8 Å². The molecule has 3 heterocycles. The van der Waals surface area contributed by atoms with Crippen LogP contribution in [0.3, 0.4) is 0 Å². The quantitative estimate of drug-likeness (QED) is 0.0679. The number of fused-ring (bicyclic) bond motifs is 3. The number of H-pyrrole nitrogens is 1. The van der Waals surface area contributed by atoms with E-state index in [2.05, 4.69) is 181 Å². The van der Waals surface area contributed by atoms with Gasteiger partial charge >= 0.3 is 0 Å². The molecular weight excluding hydrogens is 1040 g/mol. The summed E-state index contributed by atoms with van der Waals surface area (Å²) in [6.07, 6.45) is 9.50. The monoisotopic (exact) mass is 1130 g/mol. The Balaban J connectivity index is 1.30. The zero-order valence-electron chi connectivity index (χ0n) is 53.3. The van der Waals surface area contributed by atoms with Crippen molar-refractivity contribution in [3.05, 3.63) is 141 Å². The second-order valence-electron chi connectivity index (χ2n) is 29.8. The van der Waals surface area contributed by atoms with Gasteiger partial charge in [0.15, 0.2) is 5.58 Å². The third-order valence-electron chi connectivity index (χ3n) is 16.7. The summed E-state index contributed by atoms with van der Waals surface area (Å²) in [5.41, 5.74) is 10.1. The van der Waals surface area contributed by atoms with Crippen molar-refractivity contribution >= 4 is 55.1 Å². The topological polar surface area (TPSA) is 101 Å². The van der Waals surface area contributed by atoms with Gasteiger partial charge in [-0.1, -0.05) is 166 Å². The number of thiazole rings is 1. The van der Waals surface area contributed by atoms with Gasteiger partial charge in [-0.25, -0.2) is 14.8 Å². The van der Waals surface area contributed by atoms with Gasteiger partial charge in [0.1, 0.15) is 33.7 Å². The lowest BCUT2D eigenvalue weighted by Crippen LogP contribution is -2.28. The van der Waals surface area contributed by atoms with E-state index in [0.717, 1.165) is 105 Å². The molecule has 0 spiro atoms. The van der Waals surface area contributed by atoms with Gasteiger partial charge < -0.3 is 18.9 Å². The molecule has 0 amide bonds. The molecule has 8 nitrogen and oxygen atoms in total. The van der Waals surface area contributed by atoms with Crippen molar-refractivity contribution in [2.75, 3.05) is 13.2 Å². The number of ether oxygens (including phenoxy) is 2. The van der Waals surface area contributed by atoms with Crippen LogP contribution in [-0.2, 0) is 0 Å². The minimum absolute atomic E-state index is 0.194. The zero-order valence-corrected chi connectivity index (χ0v) is 54.1. The number of oxazole rings is 1. The molecule has 1 N–H and O–H groups in total. The van der Waals surface area contributed by atoms with E-state index in [-0.39, 0.29) is 27.6 Å². The summed E-state index contributed by atoms with van der Waals surface area (Å²) in [5.74, 6) is 4.75. The molecule has 6 unspecified atom stereocenters. The SMILES string of the molecule is [C-]#[N+]/C(=C1/CC(c2cccc(OCC(CCC(C)CC(C)(C)C)C(C)CC(C)(C)C)c2)=c2c1c(-c1cccc(OCC(CCC(C)CC(C)(C)C)C(C)CC(C)(C)C)c1)[nH]/c2=C(/C#N)c1nc2ccccc2s1)c1nc2cc(C)ccc2o1. The van der Waals surface area contributed by atoms with Crippen molar-refractivity contribution in [1.29, 1.82) is 5.26 Å². The minimum atomic E-state index is 0.194. The molecular formula is C74H95N5O3S. The number of hydrogen-bond acceptors (Lipinski definition) is 7. The molecule has 0 saturated carbocycles. The highest BCUT2D eigenvalue weighted by Gasteiger charge is 2.33. The van der Waals surface area contributed by atoms with Crippen LogP contribution in [0.15, 0.2) is 95.4 Å². The number of aryl methyl sites for hydroxylation is 1. The fraction of sp³-hybridized carbons (Fsp3) is 0.514. The number of hydrogen-bond donors (Lipinski definition) is 1. The highest BCUT2D eigenvalue weighted by molar-refractivity contribution is 7.19. The molecule has 0 aliphatic heterocycles. The molecule has 0 bridgehead atoms. The van der Waals surface area contributed by atoms with Crippen LogP contribution in [-0.4, -0.2) is 28.2 Å². The third-order valence-corrected chi connectivity index (χ3v) is 17.7. The predicted molar refractivity (Wildman–Crippen MR) is 348 cm³/mol. The maximum absolute atomic E-state index is 11.5. The number of nitriles is 1. The summed E-state index contributed by atoms with van der Waals surface area (Å²) in [7, 11) is 0. The molecule has 0 radical (unpaired) electrons. The number of para-hydroxylation sites is 1. The number of nitrogens with one attached hydrogen (secondary N) is 1. The van der Waals surface area contributed by atoms with Crippen molar-refractivity contribution in [3.8, 4) is 28.8 Å². The van der Waals surface area contributed by atoms with Crippen LogP contribution in [0.2, 0.25) is 0 Å². The molecule has 6 atom stereocenters. The Bertz CT molecular complexity index is 3610. The first kappa shape index (κ1) is 62.6.